The van der Waals surface area contributed by atoms with Gasteiger partial charge in [-0.3, -0.25) is 0 Å². The van der Waals surface area contributed by atoms with Crippen LogP contribution in [0.4, 0.5) is 0 Å². The van der Waals surface area contributed by atoms with E-state index in [4.69, 9.17) is 5.73 Å². The van der Waals surface area contributed by atoms with Crippen molar-refractivity contribution in [3.63, 3.8) is 0 Å². The lowest BCUT2D eigenvalue weighted by Crippen LogP contribution is -2.44. The van der Waals surface area contributed by atoms with Crippen molar-refractivity contribution in [2.75, 3.05) is 20.1 Å². The molecule has 17 heavy (non-hydrogen) atoms. The predicted octanol–water partition coefficient (Wildman–Crippen LogP) is 2.04. The molecule has 3 heterocycles. The van der Waals surface area contributed by atoms with Crippen molar-refractivity contribution in [2.24, 2.45) is 5.73 Å². The molecule has 2 atom stereocenters. The van der Waals surface area contributed by atoms with Crippen molar-refractivity contribution < 1.29 is 0 Å². The van der Waals surface area contributed by atoms with E-state index in [0.717, 1.165) is 24.3 Å². The number of hydrogen-bond acceptors (Lipinski definition) is 4. The number of hydrogen-bond donors (Lipinski definition) is 1. The van der Waals surface area contributed by atoms with Crippen molar-refractivity contribution in [3.05, 3.63) is 29.3 Å². The van der Waals surface area contributed by atoms with E-state index in [-0.39, 0.29) is 0 Å². The number of fused-ring (bicyclic) bond motifs is 1. The molecule has 3 nitrogen and oxygen atoms in total. The fraction of sp³-hybridized carbons (Fsp3) is 0.462. The monoisotopic (exact) mass is 247 g/mol. The molecular formula is C13H17N3S. The Labute approximate surface area is 105 Å². The Morgan fingerprint density at radius 2 is 2.35 bits per heavy atom. The standard InChI is InChI=1S/C13H17N3S/c1-16-6-9(5-10(14)7-16)12-8-17-13-11(12)3-2-4-15-13/h2-4,8-10H,5-7,14H2,1H3. The van der Waals surface area contributed by atoms with E-state index >= 15 is 0 Å². The van der Waals surface area contributed by atoms with Crippen LogP contribution in [0.1, 0.15) is 17.9 Å². The van der Waals surface area contributed by atoms with Crippen LogP contribution in [0.3, 0.4) is 0 Å². The van der Waals surface area contributed by atoms with E-state index in [2.05, 4.69) is 28.4 Å². The van der Waals surface area contributed by atoms with Crippen LogP contribution in [-0.4, -0.2) is 36.1 Å². The summed E-state index contributed by atoms with van der Waals surface area (Å²) in [5, 5.41) is 3.57. The van der Waals surface area contributed by atoms with Crippen LogP contribution in [0.25, 0.3) is 10.2 Å². The Kier molecular flexibility index (Phi) is 2.86. The molecule has 2 aromatic rings. The van der Waals surface area contributed by atoms with Gasteiger partial charge < -0.3 is 10.6 Å². The predicted molar refractivity (Wildman–Crippen MR) is 72.5 cm³/mol. The summed E-state index contributed by atoms with van der Waals surface area (Å²) in [6, 6.07) is 4.49. The summed E-state index contributed by atoms with van der Waals surface area (Å²) in [6.45, 7) is 2.12. The number of nitrogens with two attached hydrogens (primary N) is 1. The molecule has 1 aliphatic rings. The van der Waals surface area contributed by atoms with Crippen LogP contribution in [0.2, 0.25) is 0 Å². The van der Waals surface area contributed by atoms with Gasteiger partial charge in [0.05, 0.1) is 0 Å². The molecule has 0 bridgehead atoms. The molecule has 0 radical (unpaired) electrons. The van der Waals surface area contributed by atoms with E-state index in [1.165, 1.54) is 10.9 Å². The summed E-state index contributed by atoms with van der Waals surface area (Å²) in [7, 11) is 2.15. The number of piperidine rings is 1. The third-order valence-electron chi connectivity index (χ3n) is 3.49. The summed E-state index contributed by atoms with van der Waals surface area (Å²) < 4.78 is 0. The van der Waals surface area contributed by atoms with Crippen LogP contribution >= 0.6 is 11.3 Å². The van der Waals surface area contributed by atoms with E-state index in [0.29, 0.717) is 12.0 Å². The van der Waals surface area contributed by atoms with Crippen molar-refractivity contribution in [1.82, 2.24) is 9.88 Å². The van der Waals surface area contributed by atoms with Gasteiger partial charge in [-0.05, 0) is 36.4 Å². The first kappa shape index (κ1) is 11.1. The van der Waals surface area contributed by atoms with Gasteiger partial charge in [-0.1, -0.05) is 6.07 Å². The first-order chi connectivity index (χ1) is 8.24. The number of likely N-dealkylation sites (N-methyl/N-ethyl adjacent to an activating group) is 1. The van der Waals surface area contributed by atoms with E-state index in [9.17, 15) is 0 Å². The van der Waals surface area contributed by atoms with Crippen molar-refractivity contribution in [2.45, 2.75) is 18.4 Å². The molecule has 1 aliphatic heterocycles. The molecule has 2 unspecified atom stereocenters. The zero-order valence-electron chi connectivity index (χ0n) is 9.97. The zero-order valence-corrected chi connectivity index (χ0v) is 10.8. The van der Waals surface area contributed by atoms with Gasteiger partial charge >= 0.3 is 0 Å². The van der Waals surface area contributed by atoms with Crippen LogP contribution in [0.15, 0.2) is 23.7 Å². The number of pyridine rings is 1. The Morgan fingerprint density at radius 1 is 1.47 bits per heavy atom. The lowest BCUT2D eigenvalue weighted by Gasteiger charge is -2.33. The fourth-order valence-corrected chi connectivity index (χ4v) is 3.79. The fourth-order valence-electron chi connectivity index (χ4n) is 2.79. The maximum atomic E-state index is 6.11. The van der Waals surface area contributed by atoms with Crippen LogP contribution in [0, 0.1) is 0 Å². The molecule has 2 aromatic heterocycles. The van der Waals surface area contributed by atoms with Crippen LogP contribution < -0.4 is 5.73 Å². The minimum Gasteiger partial charge on any atom is -0.327 e. The summed E-state index contributed by atoms with van der Waals surface area (Å²) in [5.41, 5.74) is 7.54. The highest BCUT2D eigenvalue weighted by Crippen LogP contribution is 2.34. The molecule has 2 N–H and O–H groups in total. The molecule has 0 saturated carbocycles. The van der Waals surface area contributed by atoms with Gasteiger partial charge in [0.2, 0.25) is 0 Å². The normalized spacial score (nSPS) is 26.5. The maximum Gasteiger partial charge on any atom is 0.123 e. The van der Waals surface area contributed by atoms with Crippen molar-refractivity contribution in [1.29, 1.82) is 0 Å². The minimum atomic E-state index is 0.297. The molecule has 0 aliphatic carbocycles. The Balaban J connectivity index is 1.98. The SMILES string of the molecule is CN1CC(N)CC(c2csc3ncccc23)C1. The van der Waals surface area contributed by atoms with Crippen LogP contribution in [0.5, 0.6) is 0 Å². The maximum absolute atomic E-state index is 6.11. The van der Waals surface area contributed by atoms with Gasteiger partial charge in [-0.25, -0.2) is 4.98 Å². The summed E-state index contributed by atoms with van der Waals surface area (Å²) >= 11 is 1.74. The number of nitrogens with zero attached hydrogens (tertiary/aromatic N) is 2. The van der Waals surface area contributed by atoms with Gasteiger partial charge in [0.1, 0.15) is 4.83 Å². The summed E-state index contributed by atoms with van der Waals surface area (Å²) in [4.78, 5) is 7.88. The minimum absolute atomic E-state index is 0.297. The Hall–Kier alpha value is -0.970. The molecule has 0 amide bonds. The first-order valence-electron chi connectivity index (χ1n) is 6.00. The van der Waals surface area contributed by atoms with Gasteiger partial charge in [0.15, 0.2) is 0 Å². The highest BCUT2D eigenvalue weighted by Gasteiger charge is 2.25. The van der Waals surface area contributed by atoms with E-state index in [1.807, 2.05) is 12.3 Å². The van der Waals surface area contributed by atoms with Gasteiger partial charge in [0.25, 0.3) is 0 Å². The zero-order chi connectivity index (χ0) is 11.8. The lowest BCUT2D eigenvalue weighted by molar-refractivity contribution is 0.228. The molecule has 0 aromatic carbocycles. The number of likely N-dealkylation sites (tertiary alicyclic amines) is 1. The molecule has 1 fully saturated rings. The number of rotatable bonds is 1. The largest absolute Gasteiger partial charge is 0.327 e. The molecule has 3 rings (SSSR count). The third kappa shape index (κ3) is 2.08. The molecule has 4 heteroatoms. The average molecular weight is 247 g/mol. The molecule has 1 saturated heterocycles. The van der Waals surface area contributed by atoms with Gasteiger partial charge in [0, 0.05) is 30.7 Å². The Morgan fingerprint density at radius 3 is 3.18 bits per heavy atom. The Bertz CT molecular complexity index is 512. The quantitative estimate of drug-likeness (QED) is 0.838. The lowest BCUT2D eigenvalue weighted by atomic mass is 9.89. The molecule has 90 valence electrons. The average Bonchev–Trinajstić information content (AvgIpc) is 2.71. The van der Waals surface area contributed by atoms with E-state index < -0.39 is 0 Å². The van der Waals surface area contributed by atoms with Crippen LogP contribution in [-0.2, 0) is 0 Å². The van der Waals surface area contributed by atoms with Gasteiger partial charge in [-0.2, -0.15) is 0 Å². The highest BCUT2D eigenvalue weighted by atomic mass is 32.1. The summed E-state index contributed by atoms with van der Waals surface area (Å²) in [6.07, 6.45) is 2.95. The van der Waals surface area contributed by atoms with Crippen molar-refractivity contribution >= 4 is 21.6 Å². The number of aromatic nitrogens is 1. The first-order valence-corrected chi connectivity index (χ1v) is 6.88. The topological polar surface area (TPSA) is 42.1 Å². The second-order valence-corrected chi connectivity index (χ2v) is 5.82. The van der Waals surface area contributed by atoms with Crippen molar-refractivity contribution in [3.8, 4) is 0 Å². The second-order valence-electron chi connectivity index (χ2n) is 4.96. The number of thiophene rings is 1. The smallest absolute Gasteiger partial charge is 0.123 e. The molecular weight excluding hydrogens is 230 g/mol. The summed E-state index contributed by atoms with van der Waals surface area (Å²) in [5.74, 6) is 0.557. The third-order valence-corrected chi connectivity index (χ3v) is 4.41. The van der Waals surface area contributed by atoms with E-state index in [1.54, 1.807) is 11.3 Å². The van der Waals surface area contributed by atoms with Gasteiger partial charge in [-0.15, -0.1) is 11.3 Å². The highest BCUT2D eigenvalue weighted by molar-refractivity contribution is 7.16. The molecule has 0 spiro atoms. The second kappa shape index (κ2) is 4.37.